The fourth-order valence-corrected chi connectivity index (χ4v) is 3.84. The number of amides is 1. The molecule has 0 atom stereocenters. The lowest BCUT2D eigenvalue weighted by Crippen LogP contribution is -2.25. The summed E-state index contributed by atoms with van der Waals surface area (Å²) in [6, 6.07) is 16.2. The zero-order valence-corrected chi connectivity index (χ0v) is 18.1. The molecule has 32 heavy (non-hydrogen) atoms. The number of aromatic nitrogens is 4. The van der Waals surface area contributed by atoms with Gasteiger partial charge >= 0.3 is 0 Å². The van der Waals surface area contributed by atoms with E-state index >= 15 is 0 Å². The van der Waals surface area contributed by atoms with Crippen molar-refractivity contribution in [1.82, 2.24) is 24.8 Å². The third kappa shape index (κ3) is 4.32. The molecule has 2 heterocycles. The molecule has 1 N–H and O–H groups in total. The Bertz CT molecular complexity index is 1220. The molecule has 1 aliphatic carbocycles. The largest absolute Gasteiger partial charge is 0.355 e. The molecule has 0 unspecified atom stereocenters. The molecular weight excluding hydrogens is 400 g/mol. The second-order valence-electron chi connectivity index (χ2n) is 8.22. The van der Waals surface area contributed by atoms with Gasteiger partial charge in [-0.25, -0.2) is 15.0 Å². The van der Waals surface area contributed by atoms with Crippen molar-refractivity contribution in [1.29, 1.82) is 0 Å². The summed E-state index contributed by atoms with van der Waals surface area (Å²) in [4.78, 5) is 28.8. The second-order valence-corrected chi connectivity index (χ2v) is 8.22. The summed E-state index contributed by atoms with van der Waals surface area (Å²) in [5.41, 5.74) is 4.04. The molecule has 0 bridgehead atoms. The fourth-order valence-electron chi connectivity index (χ4n) is 3.84. The Hall–Kier alpha value is -3.74. The summed E-state index contributed by atoms with van der Waals surface area (Å²) in [5.74, 6) is 0.771. The molecule has 1 fully saturated rings. The summed E-state index contributed by atoms with van der Waals surface area (Å²) < 4.78 is 2.00. The van der Waals surface area contributed by atoms with Crippen LogP contribution in [0, 0.1) is 0 Å². The number of carbonyl (C=O) groups excluding carboxylic acids is 1. The number of anilines is 1. The molecule has 1 aliphatic rings. The zero-order valence-electron chi connectivity index (χ0n) is 18.1. The molecule has 7 nitrogen and oxygen atoms in total. The lowest BCUT2D eigenvalue weighted by Gasteiger charge is -2.21. The number of nitrogens with zero attached hydrogens (tertiary/aromatic N) is 5. The van der Waals surface area contributed by atoms with Crippen molar-refractivity contribution in [2.45, 2.75) is 31.8 Å². The summed E-state index contributed by atoms with van der Waals surface area (Å²) in [6.45, 7) is 1.42. The van der Waals surface area contributed by atoms with E-state index in [4.69, 9.17) is 9.97 Å². The lowest BCUT2D eigenvalue weighted by molar-refractivity contribution is 0.0953. The van der Waals surface area contributed by atoms with Crippen LogP contribution in [0.1, 0.15) is 29.6 Å². The van der Waals surface area contributed by atoms with Crippen molar-refractivity contribution in [3.8, 4) is 11.3 Å². The van der Waals surface area contributed by atoms with Gasteiger partial charge in [-0.05, 0) is 37.5 Å². The Morgan fingerprint density at radius 2 is 1.97 bits per heavy atom. The highest BCUT2D eigenvalue weighted by Gasteiger charge is 2.29. The SMILES string of the molecule is CN(c1nc2cc(C(=O)NCCCn3ccnc3)ccc2nc1-c1ccccc1)C1CC1. The summed E-state index contributed by atoms with van der Waals surface area (Å²) in [6.07, 6.45) is 8.64. The first-order valence-electron chi connectivity index (χ1n) is 11.0. The average Bonchev–Trinajstić information content (AvgIpc) is 3.56. The number of imidazole rings is 1. The molecule has 7 heteroatoms. The minimum atomic E-state index is -0.0939. The van der Waals surface area contributed by atoms with Gasteiger partial charge in [0, 0.05) is 49.7 Å². The van der Waals surface area contributed by atoms with Gasteiger partial charge in [-0.2, -0.15) is 0 Å². The van der Waals surface area contributed by atoms with Gasteiger partial charge in [-0.3, -0.25) is 4.79 Å². The predicted molar refractivity (Wildman–Crippen MR) is 126 cm³/mol. The molecule has 0 aliphatic heterocycles. The van der Waals surface area contributed by atoms with E-state index < -0.39 is 0 Å². The third-order valence-electron chi connectivity index (χ3n) is 5.82. The molecule has 1 amide bonds. The number of benzene rings is 2. The summed E-state index contributed by atoms with van der Waals surface area (Å²) in [5, 5.41) is 3.00. The average molecular weight is 427 g/mol. The van der Waals surface area contributed by atoms with Gasteiger partial charge in [-0.15, -0.1) is 0 Å². The Labute approximate surface area is 187 Å². The highest BCUT2D eigenvalue weighted by atomic mass is 16.1. The van der Waals surface area contributed by atoms with Crippen LogP contribution in [0.5, 0.6) is 0 Å². The van der Waals surface area contributed by atoms with Crippen LogP contribution in [-0.2, 0) is 6.54 Å². The highest BCUT2D eigenvalue weighted by molar-refractivity contribution is 5.97. The van der Waals surface area contributed by atoms with Gasteiger partial charge in [0.2, 0.25) is 0 Å². The monoisotopic (exact) mass is 426 g/mol. The molecule has 0 saturated heterocycles. The molecule has 0 radical (unpaired) electrons. The van der Waals surface area contributed by atoms with Crippen molar-refractivity contribution >= 4 is 22.8 Å². The van der Waals surface area contributed by atoms with Gasteiger partial charge in [0.1, 0.15) is 5.69 Å². The maximum Gasteiger partial charge on any atom is 0.251 e. The van der Waals surface area contributed by atoms with Crippen LogP contribution in [0.2, 0.25) is 0 Å². The van der Waals surface area contributed by atoms with Crippen LogP contribution in [0.4, 0.5) is 5.82 Å². The highest BCUT2D eigenvalue weighted by Crippen LogP contribution is 2.35. The smallest absolute Gasteiger partial charge is 0.251 e. The molecule has 2 aromatic carbocycles. The van der Waals surface area contributed by atoms with E-state index in [9.17, 15) is 4.79 Å². The van der Waals surface area contributed by atoms with Gasteiger partial charge in [0.05, 0.1) is 17.4 Å². The minimum absolute atomic E-state index is 0.0939. The van der Waals surface area contributed by atoms with Crippen LogP contribution < -0.4 is 10.2 Å². The van der Waals surface area contributed by atoms with E-state index in [1.165, 1.54) is 12.8 Å². The van der Waals surface area contributed by atoms with Crippen LogP contribution in [-0.4, -0.2) is 45.1 Å². The van der Waals surface area contributed by atoms with Crippen LogP contribution in [0.25, 0.3) is 22.3 Å². The standard InChI is InChI=1S/C25H26N6O/c1-30(20-9-10-20)24-23(18-6-3-2-4-7-18)28-21-11-8-19(16-22(21)29-24)25(32)27-12-5-14-31-15-13-26-17-31/h2-4,6-8,11,13,15-17,20H,5,9-10,12,14H2,1H3,(H,27,32). The first-order valence-corrected chi connectivity index (χ1v) is 11.0. The van der Waals surface area contributed by atoms with Gasteiger partial charge < -0.3 is 14.8 Å². The normalized spacial score (nSPS) is 13.3. The molecule has 2 aromatic heterocycles. The lowest BCUT2D eigenvalue weighted by atomic mass is 10.1. The number of nitrogens with one attached hydrogen (secondary N) is 1. The van der Waals surface area contributed by atoms with Crippen LogP contribution in [0.3, 0.4) is 0 Å². The summed E-state index contributed by atoms with van der Waals surface area (Å²) in [7, 11) is 2.08. The first-order chi connectivity index (χ1) is 15.7. The van der Waals surface area contributed by atoms with E-state index in [0.717, 1.165) is 41.1 Å². The van der Waals surface area contributed by atoms with E-state index in [-0.39, 0.29) is 5.91 Å². The van der Waals surface area contributed by atoms with Crippen LogP contribution >= 0.6 is 0 Å². The fraction of sp³-hybridized carbons (Fsp3) is 0.280. The molecule has 162 valence electrons. The zero-order chi connectivity index (χ0) is 21.9. The Kier molecular flexibility index (Phi) is 5.54. The number of rotatable bonds is 8. The van der Waals surface area contributed by atoms with E-state index in [1.807, 2.05) is 47.2 Å². The van der Waals surface area contributed by atoms with Crippen molar-refractivity contribution in [2.75, 3.05) is 18.5 Å². The van der Waals surface area contributed by atoms with Crippen LogP contribution in [0.15, 0.2) is 67.3 Å². The van der Waals surface area contributed by atoms with Gasteiger partial charge in [-0.1, -0.05) is 30.3 Å². The topological polar surface area (TPSA) is 75.9 Å². The van der Waals surface area contributed by atoms with E-state index in [2.05, 4.69) is 34.4 Å². The first kappa shape index (κ1) is 20.2. The Balaban J connectivity index is 1.38. The second kappa shape index (κ2) is 8.78. The number of aryl methyl sites for hydroxylation is 1. The molecule has 4 aromatic rings. The van der Waals surface area contributed by atoms with E-state index in [1.54, 1.807) is 12.5 Å². The quantitative estimate of drug-likeness (QED) is 0.432. The van der Waals surface area contributed by atoms with Gasteiger partial charge in [0.25, 0.3) is 5.91 Å². The van der Waals surface area contributed by atoms with Crippen molar-refractivity contribution in [3.63, 3.8) is 0 Å². The maximum atomic E-state index is 12.7. The van der Waals surface area contributed by atoms with Crippen molar-refractivity contribution in [3.05, 3.63) is 72.8 Å². The Morgan fingerprint density at radius 1 is 1.12 bits per heavy atom. The Morgan fingerprint density at radius 3 is 2.72 bits per heavy atom. The number of hydrogen-bond acceptors (Lipinski definition) is 5. The molecule has 1 saturated carbocycles. The molecular formula is C25H26N6O. The van der Waals surface area contributed by atoms with Crippen molar-refractivity contribution < 1.29 is 4.79 Å². The number of fused-ring (bicyclic) bond motifs is 1. The molecule has 5 rings (SSSR count). The molecule has 0 spiro atoms. The summed E-state index contributed by atoms with van der Waals surface area (Å²) >= 11 is 0. The number of carbonyl (C=O) groups is 1. The van der Waals surface area contributed by atoms with Crippen molar-refractivity contribution in [2.24, 2.45) is 0 Å². The van der Waals surface area contributed by atoms with E-state index in [0.29, 0.717) is 18.2 Å². The number of hydrogen-bond donors (Lipinski definition) is 1. The van der Waals surface area contributed by atoms with Gasteiger partial charge in [0.15, 0.2) is 5.82 Å². The minimum Gasteiger partial charge on any atom is -0.355 e. The maximum absolute atomic E-state index is 12.7. The predicted octanol–water partition coefficient (Wildman–Crippen LogP) is 3.91. The third-order valence-corrected chi connectivity index (χ3v) is 5.82.